The molecule has 3 N–H and O–H groups in total. The van der Waals surface area contributed by atoms with Crippen molar-refractivity contribution >= 4 is 18.0 Å². The lowest BCUT2D eigenvalue weighted by atomic mass is 9.98. The third kappa shape index (κ3) is 5.76. The number of carbonyl (C=O) groups is 3. The van der Waals surface area contributed by atoms with Crippen LogP contribution in [0.3, 0.4) is 0 Å². The number of alkyl halides is 3. The molecule has 2 aromatic carbocycles. The van der Waals surface area contributed by atoms with Crippen molar-refractivity contribution in [3.05, 3.63) is 59.7 Å². The average Bonchev–Trinajstić information content (AvgIpc) is 3.04. The second-order valence-corrected chi connectivity index (χ2v) is 6.99. The Morgan fingerprint density at radius 1 is 1.00 bits per heavy atom. The van der Waals surface area contributed by atoms with E-state index in [-0.39, 0.29) is 12.5 Å². The third-order valence-corrected chi connectivity index (χ3v) is 4.76. The zero-order valence-electron chi connectivity index (χ0n) is 16.5. The number of ether oxygens (including phenoxy) is 1. The molecule has 1 aliphatic rings. The molecule has 0 bridgehead atoms. The molecule has 32 heavy (non-hydrogen) atoms. The lowest BCUT2D eigenvalue weighted by Crippen LogP contribution is -2.49. The summed E-state index contributed by atoms with van der Waals surface area (Å²) in [5.74, 6) is -3.12. The predicted molar refractivity (Wildman–Crippen MR) is 104 cm³/mol. The maximum absolute atomic E-state index is 12.8. The van der Waals surface area contributed by atoms with Gasteiger partial charge in [-0.1, -0.05) is 48.5 Å². The van der Waals surface area contributed by atoms with Crippen LogP contribution in [0.4, 0.5) is 18.0 Å². The number of hydroxylamine groups is 1. The molecule has 0 spiro atoms. The van der Waals surface area contributed by atoms with Crippen LogP contribution in [0.5, 0.6) is 0 Å². The van der Waals surface area contributed by atoms with Crippen molar-refractivity contribution in [1.82, 2.24) is 10.8 Å². The summed E-state index contributed by atoms with van der Waals surface area (Å²) in [6, 6.07) is 12.9. The fraction of sp³-hybridized carbons (Fsp3) is 0.286. The third-order valence-electron chi connectivity index (χ3n) is 4.76. The minimum absolute atomic E-state index is 0.157. The van der Waals surface area contributed by atoms with Gasteiger partial charge in [0, 0.05) is 5.92 Å². The van der Waals surface area contributed by atoms with Gasteiger partial charge in [0.2, 0.25) is 0 Å². The Labute approximate surface area is 180 Å². The molecule has 3 rings (SSSR count). The van der Waals surface area contributed by atoms with Gasteiger partial charge in [-0.25, -0.2) is 15.1 Å². The highest BCUT2D eigenvalue weighted by Crippen LogP contribution is 2.44. The summed E-state index contributed by atoms with van der Waals surface area (Å²) < 4.78 is 43.6. The molecule has 0 radical (unpaired) electrons. The van der Waals surface area contributed by atoms with E-state index in [1.165, 1.54) is 0 Å². The van der Waals surface area contributed by atoms with Crippen molar-refractivity contribution in [3.8, 4) is 11.1 Å². The Kier molecular flexibility index (Phi) is 6.98. The summed E-state index contributed by atoms with van der Waals surface area (Å²) >= 11 is 0. The van der Waals surface area contributed by atoms with Gasteiger partial charge in [-0.3, -0.25) is 9.63 Å². The summed E-state index contributed by atoms with van der Waals surface area (Å²) in [5, 5.41) is 10.3. The first-order valence-electron chi connectivity index (χ1n) is 9.47. The molecule has 0 saturated heterocycles. The summed E-state index contributed by atoms with van der Waals surface area (Å²) in [6.07, 6.45) is -7.71. The van der Waals surface area contributed by atoms with Crippen molar-refractivity contribution < 1.29 is 42.2 Å². The molecule has 0 saturated carbocycles. The van der Waals surface area contributed by atoms with E-state index in [2.05, 4.69) is 4.84 Å². The van der Waals surface area contributed by atoms with Crippen LogP contribution in [0.15, 0.2) is 48.5 Å². The van der Waals surface area contributed by atoms with Gasteiger partial charge < -0.3 is 15.2 Å². The van der Waals surface area contributed by atoms with E-state index < -0.39 is 43.2 Å². The van der Waals surface area contributed by atoms with Crippen LogP contribution < -0.4 is 10.8 Å². The maximum atomic E-state index is 12.8. The summed E-state index contributed by atoms with van der Waals surface area (Å²) in [6.45, 7) is -1.12. The van der Waals surface area contributed by atoms with E-state index in [4.69, 9.17) is 9.84 Å². The standard InChI is InChI=1S/C21H19F3N2O6/c22-21(23,24)9-17(19(29)26-32-11-18(27)28)25-20(30)31-10-16-14-7-3-1-5-12(14)13-6-2-4-8-15(13)16/h1-8,16-17H,9-11H2,(H,25,30)(H,26,29)(H,27,28). The first-order valence-corrected chi connectivity index (χ1v) is 9.47. The number of benzene rings is 2. The van der Waals surface area contributed by atoms with Crippen molar-refractivity contribution in [2.24, 2.45) is 0 Å². The number of hydrogen-bond donors (Lipinski definition) is 3. The molecular weight excluding hydrogens is 433 g/mol. The number of amides is 2. The van der Waals surface area contributed by atoms with Gasteiger partial charge in [0.05, 0.1) is 6.42 Å². The molecule has 0 fully saturated rings. The summed E-state index contributed by atoms with van der Waals surface area (Å²) in [5.41, 5.74) is 5.34. The number of fused-ring (bicyclic) bond motifs is 3. The van der Waals surface area contributed by atoms with Crippen LogP contribution >= 0.6 is 0 Å². The number of alkyl carbamates (subject to hydrolysis) is 1. The molecule has 8 nitrogen and oxygen atoms in total. The minimum atomic E-state index is -4.79. The molecule has 11 heteroatoms. The minimum Gasteiger partial charge on any atom is -0.479 e. The van der Waals surface area contributed by atoms with Gasteiger partial charge in [0.1, 0.15) is 12.6 Å². The topological polar surface area (TPSA) is 114 Å². The highest BCUT2D eigenvalue weighted by molar-refractivity contribution is 5.85. The van der Waals surface area contributed by atoms with Crippen LogP contribution in [0.25, 0.3) is 11.1 Å². The number of carboxylic acid groups (broad SMARTS) is 1. The lowest BCUT2D eigenvalue weighted by molar-refractivity contribution is -0.158. The molecule has 2 aromatic rings. The van der Waals surface area contributed by atoms with Crippen molar-refractivity contribution in [2.75, 3.05) is 13.2 Å². The van der Waals surface area contributed by atoms with Gasteiger partial charge in [-0.2, -0.15) is 13.2 Å². The molecule has 0 aromatic heterocycles. The van der Waals surface area contributed by atoms with E-state index >= 15 is 0 Å². The Hall–Kier alpha value is -3.60. The smallest absolute Gasteiger partial charge is 0.407 e. The zero-order chi connectivity index (χ0) is 23.3. The number of aliphatic carboxylic acids is 1. The predicted octanol–water partition coefficient (Wildman–Crippen LogP) is 2.98. The lowest BCUT2D eigenvalue weighted by Gasteiger charge is -2.20. The van der Waals surface area contributed by atoms with E-state index in [1.54, 1.807) is 5.48 Å². The second kappa shape index (κ2) is 9.69. The Bertz CT molecular complexity index is 966. The van der Waals surface area contributed by atoms with Crippen molar-refractivity contribution in [3.63, 3.8) is 0 Å². The number of nitrogens with one attached hydrogen (secondary N) is 2. The van der Waals surface area contributed by atoms with Crippen LogP contribution in [0.1, 0.15) is 23.5 Å². The first kappa shape index (κ1) is 23.1. The van der Waals surface area contributed by atoms with E-state index in [0.29, 0.717) is 0 Å². The van der Waals surface area contributed by atoms with Gasteiger partial charge in [0.15, 0.2) is 6.61 Å². The molecule has 0 aliphatic heterocycles. The van der Waals surface area contributed by atoms with Crippen LogP contribution in [-0.2, 0) is 19.2 Å². The number of halogens is 3. The van der Waals surface area contributed by atoms with Crippen LogP contribution in [-0.4, -0.2) is 48.5 Å². The first-order chi connectivity index (χ1) is 15.2. The van der Waals surface area contributed by atoms with Gasteiger partial charge >= 0.3 is 18.2 Å². The Balaban J connectivity index is 1.65. The zero-order valence-corrected chi connectivity index (χ0v) is 16.5. The second-order valence-electron chi connectivity index (χ2n) is 6.99. The number of hydrogen-bond acceptors (Lipinski definition) is 5. The van der Waals surface area contributed by atoms with Crippen LogP contribution in [0, 0.1) is 0 Å². The van der Waals surface area contributed by atoms with Crippen molar-refractivity contribution in [2.45, 2.75) is 24.6 Å². The molecule has 170 valence electrons. The molecule has 0 heterocycles. The van der Waals surface area contributed by atoms with E-state index in [9.17, 15) is 27.6 Å². The van der Waals surface area contributed by atoms with Gasteiger partial charge in [-0.15, -0.1) is 0 Å². The van der Waals surface area contributed by atoms with Gasteiger partial charge in [-0.05, 0) is 22.3 Å². The summed E-state index contributed by atoms with van der Waals surface area (Å²) in [7, 11) is 0. The van der Waals surface area contributed by atoms with E-state index in [0.717, 1.165) is 22.3 Å². The van der Waals surface area contributed by atoms with E-state index in [1.807, 2.05) is 53.8 Å². The van der Waals surface area contributed by atoms with Gasteiger partial charge in [0.25, 0.3) is 5.91 Å². The molecule has 1 aliphatic carbocycles. The molecule has 2 amide bonds. The largest absolute Gasteiger partial charge is 0.479 e. The fourth-order valence-electron chi connectivity index (χ4n) is 3.46. The highest BCUT2D eigenvalue weighted by Gasteiger charge is 2.37. The quantitative estimate of drug-likeness (QED) is 0.531. The Morgan fingerprint density at radius 2 is 1.56 bits per heavy atom. The number of carbonyl (C=O) groups excluding carboxylic acids is 2. The molecule has 1 unspecified atom stereocenters. The summed E-state index contributed by atoms with van der Waals surface area (Å²) in [4.78, 5) is 38.8. The Morgan fingerprint density at radius 3 is 2.09 bits per heavy atom. The highest BCUT2D eigenvalue weighted by atomic mass is 19.4. The van der Waals surface area contributed by atoms with Crippen molar-refractivity contribution in [1.29, 1.82) is 0 Å². The fourth-order valence-corrected chi connectivity index (χ4v) is 3.46. The van der Waals surface area contributed by atoms with Crippen LogP contribution in [0.2, 0.25) is 0 Å². The molecular formula is C21H19F3N2O6. The maximum Gasteiger partial charge on any atom is 0.407 e. The molecule has 1 atom stereocenters. The monoisotopic (exact) mass is 452 g/mol. The normalized spacial score (nSPS) is 13.6. The number of rotatable bonds is 8. The average molecular weight is 452 g/mol. The number of carboxylic acids is 1. The SMILES string of the molecule is O=C(O)CONC(=O)C(CC(F)(F)F)NC(=O)OCC1c2ccccc2-c2ccccc21.